The second-order valence-electron chi connectivity index (χ2n) is 4.81. The molecule has 0 amide bonds. The Labute approximate surface area is 85.4 Å². The quantitative estimate of drug-likeness (QED) is 0.747. The van der Waals surface area contributed by atoms with E-state index in [1.807, 2.05) is 0 Å². The average Bonchev–Trinajstić information content (AvgIpc) is 2.77. The van der Waals surface area contributed by atoms with E-state index >= 15 is 0 Å². The minimum Gasteiger partial charge on any atom is -0.396 e. The van der Waals surface area contributed by atoms with Crippen LogP contribution in [0.25, 0.3) is 0 Å². The third kappa shape index (κ3) is 2.10. The Morgan fingerprint density at radius 2 is 2.29 bits per heavy atom. The fourth-order valence-corrected chi connectivity index (χ4v) is 2.52. The van der Waals surface area contributed by atoms with E-state index < -0.39 is 0 Å². The number of rotatable bonds is 3. The Balaban J connectivity index is 1.88. The summed E-state index contributed by atoms with van der Waals surface area (Å²) in [5.74, 6) is 0. The van der Waals surface area contributed by atoms with E-state index in [1.165, 1.54) is 0 Å². The summed E-state index contributed by atoms with van der Waals surface area (Å²) >= 11 is 0. The Morgan fingerprint density at radius 3 is 2.79 bits per heavy atom. The zero-order valence-electron chi connectivity index (χ0n) is 8.87. The Hall–Kier alpha value is -0.120. The summed E-state index contributed by atoms with van der Waals surface area (Å²) in [6.07, 6.45) is 5.00. The lowest BCUT2D eigenvalue weighted by Gasteiger charge is -2.27. The SMILES string of the molecule is CC1CCC(CC2(CO)CCOC2)O1. The minimum atomic E-state index is -0.00523. The van der Waals surface area contributed by atoms with E-state index in [2.05, 4.69) is 6.92 Å². The fraction of sp³-hybridized carbons (Fsp3) is 1.00. The first kappa shape index (κ1) is 10.4. The van der Waals surface area contributed by atoms with Crippen molar-refractivity contribution in [2.75, 3.05) is 19.8 Å². The second kappa shape index (κ2) is 4.17. The number of ether oxygens (including phenoxy) is 2. The monoisotopic (exact) mass is 200 g/mol. The minimum absolute atomic E-state index is 0.00523. The van der Waals surface area contributed by atoms with Gasteiger partial charge in [-0.25, -0.2) is 0 Å². The molecular weight excluding hydrogens is 180 g/mol. The third-order valence-electron chi connectivity index (χ3n) is 3.50. The van der Waals surface area contributed by atoms with Crippen molar-refractivity contribution in [3.63, 3.8) is 0 Å². The van der Waals surface area contributed by atoms with Crippen LogP contribution in [0.3, 0.4) is 0 Å². The number of hydrogen-bond donors (Lipinski definition) is 1. The molecule has 3 nitrogen and oxygen atoms in total. The molecule has 0 aromatic heterocycles. The molecule has 0 bridgehead atoms. The van der Waals surface area contributed by atoms with E-state index in [4.69, 9.17) is 9.47 Å². The van der Waals surface area contributed by atoms with Crippen molar-refractivity contribution in [2.45, 2.75) is 44.8 Å². The molecule has 0 aromatic carbocycles. The van der Waals surface area contributed by atoms with Gasteiger partial charge in [0.2, 0.25) is 0 Å². The van der Waals surface area contributed by atoms with Gasteiger partial charge in [-0.2, -0.15) is 0 Å². The number of aliphatic hydroxyl groups is 1. The van der Waals surface area contributed by atoms with Gasteiger partial charge in [0.25, 0.3) is 0 Å². The van der Waals surface area contributed by atoms with Crippen LogP contribution in [0.15, 0.2) is 0 Å². The summed E-state index contributed by atoms with van der Waals surface area (Å²) in [5.41, 5.74) is -0.00523. The van der Waals surface area contributed by atoms with Crippen molar-refractivity contribution in [2.24, 2.45) is 5.41 Å². The normalized spacial score (nSPS) is 43.3. The molecule has 2 saturated heterocycles. The van der Waals surface area contributed by atoms with E-state index in [0.717, 1.165) is 32.3 Å². The van der Waals surface area contributed by atoms with Gasteiger partial charge in [0.1, 0.15) is 0 Å². The summed E-state index contributed by atoms with van der Waals surface area (Å²) in [5, 5.41) is 9.41. The molecule has 2 fully saturated rings. The van der Waals surface area contributed by atoms with Gasteiger partial charge in [-0.1, -0.05) is 0 Å². The summed E-state index contributed by atoms with van der Waals surface area (Å²) in [4.78, 5) is 0. The predicted octanol–water partition coefficient (Wildman–Crippen LogP) is 1.34. The van der Waals surface area contributed by atoms with Gasteiger partial charge in [-0.15, -0.1) is 0 Å². The summed E-state index contributed by atoms with van der Waals surface area (Å²) in [6.45, 7) is 3.86. The van der Waals surface area contributed by atoms with Gasteiger partial charge in [0.15, 0.2) is 0 Å². The lowest BCUT2D eigenvalue weighted by molar-refractivity contribution is -0.000639. The molecule has 82 valence electrons. The molecule has 0 aromatic rings. The van der Waals surface area contributed by atoms with Crippen LogP contribution in [0.1, 0.15) is 32.6 Å². The molecule has 2 rings (SSSR count). The summed E-state index contributed by atoms with van der Waals surface area (Å²) < 4.78 is 11.2. The molecule has 2 heterocycles. The average molecular weight is 200 g/mol. The molecule has 3 unspecified atom stereocenters. The highest BCUT2D eigenvalue weighted by Gasteiger charge is 2.38. The Bertz CT molecular complexity index is 187. The maximum absolute atomic E-state index is 9.41. The predicted molar refractivity (Wildman–Crippen MR) is 53.1 cm³/mol. The molecule has 1 N–H and O–H groups in total. The molecular formula is C11H20O3. The van der Waals surface area contributed by atoms with Gasteiger partial charge in [-0.3, -0.25) is 0 Å². The maximum atomic E-state index is 9.41. The van der Waals surface area contributed by atoms with Crippen molar-refractivity contribution >= 4 is 0 Å². The maximum Gasteiger partial charge on any atom is 0.0586 e. The van der Waals surface area contributed by atoms with Crippen LogP contribution in [0.5, 0.6) is 0 Å². The van der Waals surface area contributed by atoms with Crippen molar-refractivity contribution in [1.82, 2.24) is 0 Å². The van der Waals surface area contributed by atoms with Gasteiger partial charge in [0.05, 0.1) is 25.4 Å². The third-order valence-corrected chi connectivity index (χ3v) is 3.50. The lowest BCUT2D eigenvalue weighted by atomic mass is 9.82. The fourth-order valence-electron chi connectivity index (χ4n) is 2.52. The summed E-state index contributed by atoms with van der Waals surface area (Å²) in [7, 11) is 0. The smallest absolute Gasteiger partial charge is 0.0586 e. The highest BCUT2D eigenvalue weighted by molar-refractivity contribution is 4.87. The first-order valence-corrected chi connectivity index (χ1v) is 5.58. The molecule has 0 spiro atoms. The first-order chi connectivity index (χ1) is 6.74. The van der Waals surface area contributed by atoms with Crippen LogP contribution in [0, 0.1) is 5.41 Å². The van der Waals surface area contributed by atoms with Crippen LogP contribution >= 0.6 is 0 Å². The molecule has 14 heavy (non-hydrogen) atoms. The van der Waals surface area contributed by atoms with E-state index in [0.29, 0.717) is 18.8 Å². The van der Waals surface area contributed by atoms with Crippen molar-refractivity contribution in [3.8, 4) is 0 Å². The van der Waals surface area contributed by atoms with Crippen molar-refractivity contribution in [3.05, 3.63) is 0 Å². The Morgan fingerprint density at radius 1 is 1.43 bits per heavy atom. The largest absolute Gasteiger partial charge is 0.396 e. The molecule has 0 aliphatic carbocycles. The van der Waals surface area contributed by atoms with Gasteiger partial charge >= 0.3 is 0 Å². The molecule has 0 radical (unpaired) electrons. The van der Waals surface area contributed by atoms with E-state index in [-0.39, 0.29) is 12.0 Å². The zero-order valence-corrected chi connectivity index (χ0v) is 8.87. The van der Waals surface area contributed by atoms with Crippen LogP contribution in [0.2, 0.25) is 0 Å². The van der Waals surface area contributed by atoms with Gasteiger partial charge in [-0.05, 0) is 32.6 Å². The molecule has 0 saturated carbocycles. The van der Waals surface area contributed by atoms with E-state index in [9.17, 15) is 5.11 Å². The van der Waals surface area contributed by atoms with Crippen molar-refractivity contribution < 1.29 is 14.6 Å². The van der Waals surface area contributed by atoms with Crippen LogP contribution < -0.4 is 0 Å². The van der Waals surface area contributed by atoms with Gasteiger partial charge in [0, 0.05) is 12.0 Å². The van der Waals surface area contributed by atoms with Crippen LogP contribution in [-0.4, -0.2) is 37.1 Å². The topological polar surface area (TPSA) is 38.7 Å². The highest BCUT2D eigenvalue weighted by Crippen LogP contribution is 2.37. The molecule has 2 aliphatic heterocycles. The lowest BCUT2D eigenvalue weighted by Crippen LogP contribution is -2.30. The van der Waals surface area contributed by atoms with Gasteiger partial charge < -0.3 is 14.6 Å². The Kier molecular flexibility index (Phi) is 3.10. The van der Waals surface area contributed by atoms with E-state index in [1.54, 1.807) is 0 Å². The molecule has 3 heteroatoms. The number of aliphatic hydroxyl groups excluding tert-OH is 1. The summed E-state index contributed by atoms with van der Waals surface area (Å²) in [6, 6.07) is 0. The highest BCUT2D eigenvalue weighted by atomic mass is 16.5. The van der Waals surface area contributed by atoms with Crippen molar-refractivity contribution in [1.29, 1.82) is 0 Å². The van der Waals surface area contributed by atoms with Crippen LogP contribution in [-0.2, 0) is 9.47 Å². The first-order valence-electron chi connectivity index (χ1n) is 5.58. The zero-order chi connectivity index (χ0) is 10.0. The second-order valence-corrected chi connectivity index (χ2v) is 4.81. The molecule has 3 atom stereocenters. The molecule has 2 aliphatic rings. The standard InChI is InChI=1S/C11H20O3/c1-9-2-3-10(14-9)6-11(7-12)4-5-13-8-11/h9-10,12H,2-8H2,1H3. The number of hydrogen-bond acceptors (Lipinski definition) is 3. The van der Waals surface area contributed by atoms with Crippen LogP contribution in [0.4, 0.5) is 0 Å².